The van der Waals surface area contributed by atoms with Crippen LogP contribution in [-0.2, 0) is 18.4 Å². The van der Waals surface area contributed by atoms with Gasteiger partial charge in [0.05, 0.1) is 19.8 Å². The number of aliphatic hydroxyl groups is 2. The Bertz CT molecular complexity index is 956. The minimum Gasteiger partial charge on any atom is -1.00 e. The summed E-state index contributed by atoms with van der Waals surface area (Å²) >= 11 is 0. The Kier molecular flexibility index (Phi) is 9.13. The number of hydrogen-bond acceptors (Lipinski definition) is 2. The fourth-order valence-corrected chi connectivity index (χ4v) is 7.84. The summed E-state index contributed by atoms with van der Waals surface area (Å²) < 4.78 is 0.763. The number of fused-ring (bicyclic) bond motifs is 3. The first-order valence-electron chi connectivity index (χ1n) is 13.5. The van der Waals surface area contributed by atoms with Gasteiger partial charge in [-0.05, 0) is 59.6 Å². The van der Waals surface area contributed by atoms with Crippen molar-refractivity contribution in [2.45, 2.75) is 77.7 Å². The molecule has 3 nitrogen and oxygen atoms in total. The monoisotopic (exact) mass is 499 g/mol. The lowest BCUT2D eigenvalue weighted by molar-refractivity contribution is -0.948. The predicted molar refractivity (Wildman–Crippen MR) is 141 cm³/mol. The number of rotatable bonds is 9. The van der Waals surface area contributed by atoms with Crippen LogP contribution in [0.15, 0.2) is 48.5 Å². The zero-order valence-electron chi connectivity index (χ0n) is 22.3. The fourth-order valence-electron chi connectivity index (χ4n) is 7.84. The molecule has 2 aliphatic rings. The molecule has 4 rings (SSSR count). The Hall–Kier alpha value is -1.39. The summed E-state index contributed by atoms with van der Waals surface area (Å²) in [4.78, 5) is 0. The molecule has 2 aromatic carbocycles. The summed E-state index contributed by atoms with van der Waals surface area (Å²) in [5.41, 5.74) is 6.30. The molecule has 0 aromatic heterocycles. The van der Waals surface area contributed by atoms with E-state index >= 15 is 0 Å². The number of hydrogen-bond donors (Lipinski definition) is 2. The fraction of sp³-hybridized carbons (Fsp3) is 0.613. The molecule has 0 radical (unpaired) electrons. The van der Waals surface area contributed by atoms with Crippen LogP contribution in [0, 0.1) is 11.3 Å². The highest BCUT2D eigenvalue weighted by Crippen LogP contribution is 2.58. The molecular formula is C31H46ClNO2. The minimum atomic E-state index is 0. The average Bonchev–Trinajstić information content (AvgIpc) is 2.79. The molecule has 2 N–H and O–H groups in total. The van der Waals surface area contributed by atoms with Crippen LogP contribution >= 0.6 is 0 Å². The van der Waals surface area contributed by atoms with Crippen LogP contribution in [0.2, 0.25) is 0 Å². The Balaban J connectivity index is 0.00000342. The summed E-state index contributed by atoms with van der Waals surface area (Å²) in [6.45, 7) is 13.2. The molecule has 0 aliphatic heterocycles. The van der Waals surface area contributed by atoms with E-state index < -0.39 is 0 Å². The van der Waals surface area contributed by atoms with Crippen molar-refractivity contribution in [2.75, 3.05) is 32.8 Å². The van der Waals surface area contributed by atoms with Crippen LogP contribution in [0.1, 0.15) is 81.5 Å². The molecule has 0 heterocycles. The molecule has 194 valence electrons. The lowest BCUT2D eigenvalue weighted by atomic mass is 9.49. The second-order valence-corrected chi connectivity index (χ2v) is 12.1. The Morgan fingerprint density at radius 1 is 0.971 bits per heavy atom. The molecule has 1 fully saturated rings. The molecule has 4 heteroatoms. The second kappa shape index (κ2) is 11.3. The number of halogens is 1. The summed E-state index contributed by atoms with van der Waals surface area (Å²) in [6, 6.07) is 18.0. The van der Waals surface area contributed by atoms with E-state index in [0.29, 0.717) is 24.9 Å². The van der Waals surface area contributed by atoms with E-state index in [1.165, 1.54) is 43.2 Å². The van der Waals surface area contributed by atoms with Crippen molar-refractivity contribution in [1.82, 2.24) is 0 Å². The van der Waals surface area contributed by atoms with E-state index in [0.717, 1.165) is 17.6 Å². The molecule has 35 heavy (non-hydrogen) atoms. The van der Waals surface area contributed by atoms with Crippen molar-refractivity contribution in [3.63, 3.8) is 0 Å². The topological polar surface area (TPSA) is 40.5 Å². The van der Waals surface area contributed by atoms with Gasteiger partial charge < -0.3 is 27.1 Å². The van der Waals surface area contributed by atoms with Crippen molar-refractivity contribution in [1.29, 1.82) is 0 Å². The first kappa shape index (κ1) is 28.2. The maximum absolute atomic E-state index is 10.1. The van der Waals surface area contributed by atoms with Gasteiger partial charge in [0.2, 0.25) is 0 Å². The van der Waals surface area contributed by atoms with Gasteiger partial charge in [-0.2, -0.15) is 0 Å². The van der Waals surface area contributed by atoms with Crippen molar-refractivity contribution in [3.05, 3.63) is 70.8 Å². The zero-order valence-corrected chi connectivity index (χ0v) is 23.0. The second-order valence-electron chi connectivity index (χ2n) is 12.1. The van der Waals surface area contributed by atoms with Crippen LogP contribution in [0.4, 0.5) is 0 Å². The highest BCUT2D eigenvalue weighted by molar-refractivity contribution is 5.42. The van der Waals surface area contributed by atoms with E-state index in [2.05, 4.69) is 76.2 Å². The molecule has 0 spiro atoms. The normalized spacial score (nSPS) is 26.1. The largest absolute Gasteiger partial charge is 1.00 e. The molecule has 2 aliphatic carbocycles. The average molecular weight is 500 g/mol. The molecule has 0 saturated heterocycles. The van der Waals surface area contributed by atoms with E-state index in [1.54, 1.807) is 11.1 Å². The number of benzene rings is 2. The van der Waals surface area contributed by atoms with Crippen molar-refractivity contribution in [3.8, 4) is 0 Å². The van der Waals surface area contributed by atoms with Gasteiger partial charge in [0.15, 0.2) is 0 Å². The van der Waals surface area contributed by atoms with Crippen LogP contribution in [0.3, 0.4) is 0 Å². The number of quaternary nitrogens is 1. The van der Waals surface area contributed by atoms with E-state index in [-0.39, 0.29) is 36.5 Å². The number of nitrogens with zero attached hydrogens (tertiary/aromatic N) is 1. The molecule has 1 saturated carbocycles. The zero-order chi connectivity index (χ0) is 24.4. The van der Waals surface area contributed by atoms with E-state index in [9.17, 15) is 10.2 Å². The highest BCUT2D eigenvalue weighted by atomic mass is 35.5. The number of aryl methyl sites for hydroxylation is 1. The van der Waals surface area contributed by atoms with Gasteiger partial charge in [0, 0.05) is 11.0 Å². The Labute approximate surface area is 219 Å². The van der Waals surface area contributed by atoms with Gasteiger partial charge in [-0.3, -0.25) is 0 Å². The van der Waals surface area contributed by atoms with Crippen LogP contribution in [0.5, 0.6) is 0 Å². The first-order chi connectivity index (χ1) is 16.3. The van der Waals surface area contributed by atoms with E-state index in [1.807, 2.05) is 0 Å². The highest BCUT2D eigenvalue weighted by Gasteiger charge is 2.54. The third-order valence-corrected chi connectivity index (χ3v) is 9.37. The minimum absolute atomic E-state index is 0. The lowest BCUT2D eigenvalue weighted by Crippen LogP contribution is -3.00. The Morgan fingerprint density at radius 3 is 2.29 bits per heavy atom. The predicted octanol–water partition coefficient (Wildman–Crippen LogP) is 2.83. The Morgan fingerprint density at radius 2 is 1.66 bits per heavy atom. The van der Waals surface area contributed by atoms with Gasteiger partial charge in [0.1, 0.15) is 19.6 Å². The molecule has 0 bridgehead atoms. The lowest BCUT2D eigenvalue weighted by Gasteiger charge is -2.57. The number of aliphatic hydroxyl groups excluding tert-OH is 2. The van der Waals surface area contributed by atoms with Gasteiger partial charge >= 0.3 is 0 Å². The quantitative estimate of drug-likeness (QED) is 0.521. The van der Waals surface area contributed by atoms with Crippen molar-refractivity contribution in [2.24, 2.45) is 11.3 Å². The molecule has 3 atom stereocenters. The SMILES string of the molecule is CC(C)c1ccc2c(c1)CC[C@H]1[C@](C)(C[N+](CCO)(CCO)Cc3ccccc3)CCC[C@]21C.[Cl-]. The molecule has 0 unspecified atom stereocenters. The summed E-state index contributed by atoms with van der Waals surface area (Å²) in [6.07, 6.45) is 6.16. The van der Waals surface area contributed by atoms with Crippen molar-refractivity contribution < 1.29 is 27.1 Å². The smallest absolute Gasteiger partial charge is 0.105 e. The van der Waals surface area contributed by atoms with Gasteiger partial charge in [-0.1, -0.05) is 82.6 Å². The van der Waals surface area contributed by atoms with Crippen LogP contribution < -0.4 is 12.4 Å². The summed E-state index contributed by atoms with van der Waals surface area (Å²) in [5.74, 6) is 1.19. The standard InChI is InChI=1S/C31H46NO2.ClH/c1-24(2)26-11-13-28-27(21-26)12-14-29-30(3,15-8-16-31(28,29)4)23-32(17-19-33,18-20-34)22-25-9-6-5-7-10-25;/h5-7,9-11,13,21,24,29,33-34H,8,12,14-20,22-23H2,1-4H3;1H/q+1;/p-1/t29-,30-,31+;/m0./s1. The van der Waals surface area contributed by atoms with Gasteiger partial charge in [0.25, 0.3) is 0 Å². The summed E-state index contributed by atoms with van der Waals surface area (Å²) in [5, 5.41) is 20.2. The van der Waals surface area contributed by atoms with E-state index in [4.69, 9.17) is 0 Å². The first-order valence-corrected chi connectivity index (χ1v) is 13.5. The maximum atomic E-state index is 10.1. The summed E-state index contributed by atoms with van der Waals surface area (Å²) in [7, 11) is 0. The molecule has 0 amide bonds. The van der Waals surface area contributed by atoms with Crippen molar-refractivity contribution >= 4 is 0 Å². The van der Waals surface area contributed by atoms with Gasteiger partial charge in [-0.25, -0.2) is 0 Å². The molecule has 2 aromatic rings. The van der Waals surface area contributed by atoms with Gasteiger partial charge in [-0.15, -0.1) is 0 Å². The van der Waals surface area contributed by atoms with Crippen LogP contribution in [0.25, 0.3) is 0 Å². The third kappa shape index (κ3) is 5.64. The molecular weight excluding hydrogens is 454 g/mol. The maximum Gasteiger partial charge on any atom is 0.105 e. The third-order valence-electron chi connectivity index (χ3n) is 9.37. The van der Waals surface area contributed by atoms with Crippen LogP contribution in [-0.4, -0.2) is 47.5 Å².